The van der Waals surface area contributed by atoms with Crippen molar-refractivity contribution in [3.05, 3.63) is 132 Å². The van der Waals surface area contributed by atoms with E-state index in [9.17, 15) is 9.59 Å². The number of hydrogen-bond acceptors (Lipinski definition) is 8. The number of rotatable bonds is 14. The Balaban J connectivity index is 1.37. The Morgan fingerprint density at radius 1 is 0.558 bits per heavy atom. The Morgan fingerprint density at radius 3 is 1.30 bits per heavy atom. The number of carbonyl (C=O) groups excluding carboxylic acids is 2. The van der Waals surface area contributed by atoms with E-state index >= 15 is 0 Å². The molecule has 0 unspecified atom stereocenters. The zero-order chi connectivity index (χ0) is 30.6. The summed E-state index contributed by atoms with van der Waals surface area (Å²) in [7, 11) is 6.38. The van der Waals surface area contributed by atoms with Crippen molar-refractivity contribution in [3.63, 3.8) is 0 Å². The third kappa shape index (κ3) is 8.27. The Morgan fingerprint density at radius 2 is 0.953 bits per heavy atom. The molecule has 4 rings (SSSR count). The van der Waals surface area contributed by atoms with Gasteiger partial charge in [0.05, 0.1) is 39.8 Å². The highest BCUT2D eigenvalue weighted by atomic mass is 16.5. The van der Waals surface area contributed by atoms with Gasteiger partial charge in [0.25, 0.3) is 0 Å². The van der Waals surface area contributed by atoms with Crippen molar-refractivity contribution in [2.24, 2.45) is 0 Å². The van der Waals surface area contributed by atoms with E-state index in [0.717, 1.165) is 22.5 Å². The maximum atomic E-state index is 12.5. The number of methoxy groups -OCH3 is 4. The molecule has 4 aromatic rings. The van der Waals surface area contributed by atoms with E-state index in [2.05, 4.69) is 10.6 Å². The minimum atomic E-state index is -0.128. The van der Waals surface area contributed by atoms with Crippen molar-refractivity contribution in [3.8, 4) is 23.0 Å². The summed E-state index contributed by atoms with van der Waals surface area (Å²) in [5.41, 5.74) is 4.67. The Kier molecular flexibility index (Phi) is 10.6. The van der Waals surface area contributed by atoms with E-state index in [0.29, 0.717) is 40.5 Å². The summed E-state index contributed by atoms with van der Waals surface area (Å²) >= 11 is 0. The first-order valence-corrected chi connectivity index (χ1v) is 13.5. The summed E-state index contributed by atoms with van der Waals surface area (Å²) in [6, 6.07) is 25.6. The molecule has 0 aliphatic rings. The zero-order valence-corrected chi connectivity index (χ0v) is 24.5. The summed E-state index contributed by atoms with van der Waals surface area (Å²) in [6.07, 6.45) is 6.78. The summed E-state index contributed by atoms with van der Waals surface area (Å²) in [5, 5.41) is 6.26. The highest BCUT2D eigenvalue weighted by Gasteiger charge is 2.09. The fourth-order valence-electron chi connectivity index (χ4n) is 4.28. The molecule has 0 aromatic heterocycles. The third-order valence-electron chi connectivity index (χ3n) is 6.64. The van der Waals surface area contributed by atoms with E-state index in [-0.39, 0.29) is 11.6 Å². The van der Waals surface area contributed by atoms with Crippen molar-refractivity contribution < 1.29 is 28.5 Å². The SMILES string of the molecule is COc1ccc(C(=O)/C=C\Nc2ccc(Cc3ccc(N/C=C\C(=O)c4ccc(OC)cc4)c(OC)c3)cc2OC)cc1. The predicted octanol–water partition coefficient (Wildman–Crippen LogP) is 6.93. The van der Waals surface area contributed by atoms with Gasteiger partial charge >= 0.3 is 0 Å². The Bertz CT molecular complexity index is 1490. The second-order valence-corrected chi connectivity index (χ2v) is 9.39. The monoisotopic (exact) mass is 578 g/mol. The van der Waals surface area contributed by atoms with Crippen LogP contribution in [0, 0.1) is 0 Å². The van der Waals surface area contributed by atoms with Gasteiger partial charge in [-0.1, -0.05) is 12.1 Å². The van der Waals surface area contributed by atoms with Crippen LogP contribution in [0.4, 0.5) is 11.4 Å². The van der Waals surface area contributed by atoms with Gasteiger partial charge in [0.2, 0.25) is 0 Å². The van der Waals surface area contributed by atoms with E-state index < -0.39 is 0 Å². The van der Waals surface area contributed by atoms with Gasteiger partial charge in [0.1, 0.15) is 23.0 Å². The molecule has 2 N–H and O–H groups in total. The minimum Gasteiger partial charge on any atom is -0.497 e. The lowest BCUT2D eigenvalue weighted by atomic mass is 10.0. The zero-order valence-electron chi connectivity index (χ0n) is 24.5. The number of nitrogens with one attached hydrogen (secondary N) is 2. The maximum Gasteiger partial charge on any atom is 0.187 e. The predicted molar refractivity (Wildman–Crippen MR) is 169 cm³/mol. The minimum absolute atomic E-state index is 0.128. The van der Waals surface area contributed by atoms with Gasteiger partial charge in [-0.3, -0.25) is 9.59 Å². The molecule has 0 atom stereocenters. The average Bonchev–Trinajstić information content (AvgIpc) is 3.05. The molecular weight excluding hydrogens is 544 g/mol. The molecule has 220 valence electrons. The van der Waals surface area contributed by atoms with Gasteiger partial charge in [0, 0.05) is 35.7 Å². The number of benzene rings is 4. The Labute approximate surface area is 251 Å². The summed E-state index contributed by atoms with van der Waals surface area (Å²) in [4.78, 5) is 24.9. The van der Waals surface area contributed by atoms with Gasteiger partial charge in [-0.05, 0) is 90.3 Å². The van der Waals surface area contributed by atoms with Crippen molar-refractivity contribution in [1.29, 1.82) is 0 Å². The van der Waals surface area contributed by atoms with Crippen LogP contribution in [0.3, 0.4) is 0 Å². The Hall–Kier alpha value is -5.50. The van der Waals surface area contributed by atoms with Crippen LogP contribution in [0.15, 0.2) is 109 Å². The van der Waals surface area contributed by atoms with Crippen molar-refractivity contribution in [2.75, 3.05) is 39.1 Å². The van der Waals surface area contributed by atoms with Crippen LogP contribution in [0.5, 0.6) is 23.0 Å². The molecule has 0 radical (unpaired) electrons. The summed E-state index contributed by atoms with van der Waals surface area (Å²) in [6.45, 7) is 0. The standard InChI is InChI=1S/C35H34N2O6/c1-40-28-11-7-26(8-12-28)32(38)17-19-36-30-15-5-24(22-34(30)42-3)21-25-6-16-31(35(23-25)43-4)37-20-18-33(39)27-9-13-29(41-2)14-10-27/h5-20,22-23,36-37H,21H2,1-4H3/b19-17-,20-18-. The lowest BCUT2D eigenvalue weighted by Crippen LogP contribution is -1.99. The highest BCUT2D eigenvalue weighted by Crippen LogP contribution is 2.30. The van der Waals surface area contributed by atoms with Crippen LogP contribution in [0.2, 0.25) is 0 Å². The number of ether oxygens (including phenoxy) is 4. The fraction of sp³-hybridized carbons (Fsp3) is 0.143. The first kappa shape index (κ1) is 30.5. The topological polar surface area (TPSA) is 95.1 Å². The highest BCUT2D eigenvalue weighted by molar-refractivity contribution is 6.05. The average molecular weight is 579 g/mol. The molecule has 0 saturated carbocycles. The summed E-state index contributed by atoms with van der Waals surface area (Å²) in [5.74, 6) is 2.43. The molecule has 0 amide bonds. The number of allylic oxidation sites excluding steroid dienone is 2. The van der Waals surface area contributed by atoms with Crippen molar-refractivity contribution in [2.45, 2.75) is 6.42 Å². The lowest BCUT2D eigenvalue weighted by Gasteiger charge is -2.13. The van der Waals surface area contributed by atoms with Crippen LogP contribution in [0.25, 0.3) is 0 Å². The molecule has 0 fully saturated rings. The number of hydrogen-bond donors (Lipinski definition) is 2. The lowest BCUT2D eigenvalue weighted by molar-refractivity contribution is 0.103. The number of ketones is 2. The van der Waals surface area contributed by atoms with Crippen LogP contribution in [-0.2, 0) is 6.42 Å². The normalized spacial score (nSPS) is 10.9. The molecule has 0 bridgehead atoms. The van der Waals surface area contributed by atoms with Gasteiger partial charge in [-0.15, -0.1) is 0 Å². The van der Waals surface area contributed by atoms with Gasteiger partial charge in [-0.25, -0.2) is 0 Å². The summed E-state index contributed by atoms with van der Waals surface area (Å²) < 4.78 is 21.5. The van der Waals surface area contributed by atoms with Crippen LogP contribution >= 0.6 is 0 Å². The second kappa shape index (κ2) is 14.9. The third-order valence-corrected chi connectivity index (χ3v) is 6.64. The molecule has 0 aliphatic carbocycles. The van der Waals surface area contributed by atoms with Crippen molar-refractivity contribution in [1.82, 2.24) is 0 Å². The molecule has 0 spiro atoms. The van der Waals surface area contributed by atoms with E-state index in [4.69, 9.17) is 18.9 Å². The van der Waals surface area contributed by atoms with Crippen LogP contribution < -0.4 is 29.6 Å². The first-order valence-electron chi connectivity index (χ1n) is 13.5. The van der Waals surface area contributed by atoms with Crippen molar-refractivity contribution >= 4 is 22.9 Å². The first-order chi connectivity index (χ1) is 20.9. The van der Waals surface area contributed by atoms with E-state index in [1.54, 1.807) is 89.4 Å². The molecule has 0 saturated heterocycles. The fourth-order valence-corrected chi connectivity index (χ4v) is 4.28. The molecule has 43 heavy (non-hydrogen) atoms. The largest absolute Gasteiger partial charge is 0.497 e. The number of anilines is 2. The molecular formula is C35H34N2O6. The van der Waals surface area contributed by atoms with E-state index in [1.807, 2.05) is 36.4 Å². The molecule has 8 heteroatoms. The molecule has 4 aromatic carbocycles. The van der Waals surface area contributed by atoms with E-state index in [1.165, 1.54) is 12.2 Å². The maximum absolute atomic E-state index is 12.5. The van der Waals surface area contributed by atoms with Gasteiger partial charge < -0.3 is 29.6 Å². The van der Waals surface area contributed by atoms with Crippen LogP contribution in [0.1, 0.15) is 31.8 Å². The van der Waals surface area contributed by atoms with Gasteiger partial charge in [0.15, 0.2) is 11.6 Å². The second-order valence-electron chi connectivity index (χ2n) is 9.39. The van der Waals surface area contributed by atoms with Crippen LogP contribution in [-0.4, -0.2) is 40.0 Å². The quantitative estimate of drug-likeness (QED) is 0.123. The molecule has 0 heterocycles. The smallest absolute Gasteiger partial charge is 0.187 e. The van der Waals surface area contributed by atoms with Gasteiger partial charge in [-0.2, -0.15) is 0 Å². The molecule has 0 aliphatic heterocycles. The number of carbonyl (C=O) groups is 2. The molecule has 8 nitrogen and oxygen atoms in total.